The van der Waals surface area contributed by atoms with Crippen molar-refractivity contribution < 1.29 is 5.11 Å². The Kier molecular flexibility index (Phi) is 2.98. The quantitative estimate of drug-likeness (QED) is 0.710. The average molecular weight is 218 g/mol. The number of nitrogens with two attached hydrogens (primary N) is 1. The van der Waals surface area contributed by atoms with E-state index in [2.05, 4.69) is 15.0 Å². The highest BCUT2D eigenvalue weighted by molar-refractivity contribution is 5.54. The second-order valence-corrected chi connectivity index (χ2v) is 3.59. The molecule has 16 heavy (non-hydrogen) atoms. The van der Waals surface area contributed by atoms with Gasteiger partial charge in [0.15, 0.2) is 5.82 Å². The predicted octanol–water partition coefficient (Wildman–Crippen LogP) is 0.772. The highest BCUT2D eigenvalue weighted by Crippen LogP contribution is 2.17. The molecule has 0 saturated heterocycles. The molecule has 0 amide bonds. The third kappa shape index (κ3) is 2.10. The lowest BCUT2D eigenvalue weighted by Gasteiger charge is -2.08. The topological polar surface area (TPSA) is 87.8 Å². The number of nitrogens with one attached hydrogen (secondary N) is 1. The van der Waals surface area contributed by atoms with Crippen molar-refractivity contribution in [3.05, 3.63) is 35.9 Å². The van der Waals surface area contributed by atoms with Crippen LogP contribution in [0.5, 0.6) is 0 Å². The van der Waals surface area contributed by atoms with Gasteiger partial charge in [0.2, 0.25) is 0 Å². The molecular weight excluding hydrogens is 204 g/mol. The van der Waals surface area contributed by atoms with Crippen molar-refractivity contribution in [1.82, 2.24) is 15.0 Å². The van der Waals surface area contributed by atoms with Gasteiger partial charge in [-0.2, -0.15) is 0 Å². The molecule has 0 spiro atoms. The Morgan fingerprint density at radius 2 is 2.31 bits per heavy atom. The largest absolute Gasteiger partial charge is 0.384 e. The lowest BCUT2D eigenvalue weighted by molar-refractivity contribution is 0.176. The molecule has 5 nitrogen and oxygen atoms in total. The molecule has 5 heteroatoms. The number of aryl methyl sites for hydroxylation is 1. The SMILES string of the molecule is Cc1cc(-c2ccc[nH]2)nc(C(O)CN)n1. The number of aliphatic hydroxyl groups excluding tert-OH is 1. The van der Waals surface area contributed by atoms with Crippen LogP contribution in [0.25, 0.3) is 11.4 Å². The van der Waals surface area contributed by atoms with Gasteiger partial charge in [-0.25, -0.2) is 9.97 Å². The number of nitrogens with zero attached hydrogens (tertiary/aromatic N) is 2. The van der Waals surface area contributed by atoms with Crippen molar-refractivity contribution in [2.45, 2.75) is 13.0 Å². The van der Waals surface area contributed by atoms with E-state index in [4.69, 9.17) is 5.73 Å². The average Bonchev–Trinajstić information content (AvgIpc) is 2.80. The van der Waals surface area contributed by atoms with E-state index < -0.39 is 6.10 Å². The van der Waals surface area contributed by atoms with E-state index in [9.17, 15) is 5.11 Å². The van der Waals surface area contributed by atoms with Crippen LogP contribution in [0.1, 0.15) is 17.6 Å². The van der Waals surface area contributed by atoms with Crippen LogP contribution >= 0.6 is 0 Å². The normalized spacial score (nSPS) is 12.7. The van der Waals surface area contributed by atoms with Crippen LogP contribution in [-0.2, 0) is 0 Å². The van der Waals surface area contributed by atoms with Gasteiger partial charge in [0.1, 0.15) is 6.10 Å². The predicted molar refractivity (Wildman–Crippen MR) is 60.6 cm³/mol. The van der Waals surface area contributed by atoms with Gasteiger partial charge in [-0.05, 0) is 25.1 Å². The molecule has 0 aliphatic carbocycles. The Morgan fingerprint density at radius 3 is 2.94 bits per heavy atom. The summed E-state index contributed by atoms with van der Waals surface area (Å²) in [4.78, 5) is 11.5. The summed E-state index contributed by atoms with van der Waals surface area (Å²) in [5.74, 6) is 0.368. The fraction of sp³-hybridized carbons (Fsp3) is 0.273. The van der Waals surface area contributed by atoms with Gasteiger partial charge in [0, 0.05) is 18.4 Å². The number of aromatic nitrogens is 3. The van der Waals surface area contributed by atoms with E-state index in [0.717, 1.165) is 17.1 Å². The summed E-state index contributed by atoms with van der Waals surface area (Å²) < 4.78 is 0. The van der Waals surface area contributed by atoms with Gasteiger partial charge in [-0.1, -0.05) is 0 Å². The zero-order valence-electron chi connectivity index (χ0n) is 9.01. The molecule has 2 aromatic heterocycles. The first kappa shape index (κ1) is 10.8. The first-order valence-corrected chi connectivity index (χ1v) is 5.08. The highest BCUT2D eigenvalue weighted by atomic mass is 16.3. The van der Waals surface area contributed by atoms with Crippen molar-refractivity contribution in [2.75, 3.05) is 6.54 Å². The molecule has 2 heterocycles. The minimum Gasteiger partial charge on any atom is -0.384 e. The highest BCUT2D eigenvalue weighted by Gasteiger charge is 2.11. The first-order valence-electron chi connectivity index (χ1n) is 5.08. The number of rotatable bonds is 3. The number of hydrogen-bond acceptors (Lipinski definition) is 4. The van der Waals surface area contributed by atoms with E-state index in [1.165, 1.54) is 0 Å². The molecule has 1 atom stereocenters. The third-order valence-electron chi connectivity index (χ3n) is 2.27. The van der Waals surface area contributed by atoms with Crippen molar-refractivity contribution in [1.29, 1.82) is 0 Å². The maximum atomic E-state index is 9.62. The lowest BCUT2D eigenvalue weighted by Crippen LogP contribution is -2.15. The molecule has 0 saturated carbocycles. The zero-order valence-corrected chi connectivity index (χ0v) is 9.01. The van der Waals surface area contributed by atoms with Crippen LogP contribution in [0.3, 0.4) is 0 Å². The lowest BCUT2D eigenvalue weighted by atomic mass is 10.2. The maximum absolute atomic E-state index is 9.62. The van der Waals surface area contributed by atoms with Crippen molar-refractivity contribution in [2.24, 2.45) is 5.73 Å². The van der Waals surface area contributed by atoms with Crippen LogP contribution in [0, 0.1) is 6.92 Å². The molecule has 2 aromatic rings. The zero-order chi connectivity index (χ0) is 11.5. The maximum Gasteiger partial charge on any atom is 0.159 e. The molecule has 0 bridgehead atoms. The summed E-state index contributed by atoms with van der Waals surface area (Å²) in [5.41, 5.74) is 7.86. The standard InChI is InChI=1S/C11H14N4O/c1-7-5-9(8-3-2-4-13-8)15-11(14-7)10(16)6-12/h2-5,10,13,16H,6,12H2,1H3. The van der Waals surface area contributed by atoms with Gasteiger partial charge in [0.25, 0.3) is 0 Å². The summed E-state index contributed by atoms with van der Waals surface area (Å²) >= 11 is 0. The summed E-state index contributed by atoms with van der Waals surface area (Å²) in [7, 11) is 0. The van der Waals surface area contributed by atoms with Gasteiger partial charge in [-0.15, -0.1) is 0 Å². The number of aliphatic hydroxyl groups is 1. The molecule has 2 rings (SSSR count). The number of hydrogen-bond donors (Lipinski definition) is 3. The Hall–Kier alpha value is -1.72. The van der Waals surface area contributed by atoms with E-state index in [1.807, 2.05) is 31.3 Å². The van der Waals surface area contributed by atoms with Gasteiger partial charge < -0.3 is 15.8 Å². The molecule has 0 aromatic carbocycles. The minimum absolute atomic E-state index is 0.119. The van der Waals surface area contributed by atoms with Crippen molar-refractivity contribution in [3.8, 4) is 11.4 Å². The van der Waals surface area contributed by atoms with Crippen LogP contribution in [0.15, 0.2) is 24.4 Å². The summed E-state index contributed by atoms with van der Waals surface area (Å²) in [6.45, 7) is 1.98. The van der Waals surface area contributed by atoms with E-state index in [0.29, 0.717) is 5.82 Å². The molecule has 4 N–H and O–H groups in total. The molecule has 0 aliphatic rings. The van der Waals surface area contributed by atoms with E-state index in [1.54, 1.807) is 0 Å². The summed E-state index contributed by atoms with van der Waals surface area (Å²) in [6.07, 6.45) is 1.01. The van der Waals surface area contributed by atoms with Crippen LogP contribution in [0.2, 0.25) is 0 Å². The molecular formula is C11H14N4O. The number of aromatic amines is 1. The second kappa shape index (κ2) is 4.42. The monoisotopic (exact) mass is 218 g/mol. The van der Waals surface area contributed by atoms with Crippen LogP contribution in [-0.4, -0.2) is 26.6 Å². The van der Waals surface area contributed by atoms with Gasteiger partial charge in [-0.3, -0.25) is 0 Å². The third-order valence-corrected chi connectivity index (χ3v) is 2.27. The Balaban J connectivity index is 2.44. The fourth-order valence-electron chi connectivity index (χ4n) is 1.47. The second-order valence-electron chi connectivity index (χ2n) is 3.59. The smallest absolute Gasteiger partial charge is 0.159 e. The van der Waals surface area contributed by atoms with Crippen molar-refractivity contribution >= 4 is 0 Å². The molecule has 1 unspecified atom stereocenters. The van der Waals surface area contributed by atoms with Gasteiger partial charge in [0.05, 0.1) is 11.4 Å². The van der Waals surface area contributed by atoms with Crippen LogP contribution in [0.4, 0.5) is 0 Å². The summed E-state index contributed by atoms with van der Waals surface area (Å²) in [6, 6.07) is 5.67. The molecule has 84 valence electrons. The molecule has 0 fully saturated rings. The molecule has 0 aliphatic heterocycles. The van der Waals surface area contributed by atoms with Crippen molar-refractivity contribution in [3.63, 3.8) is 0 Å². The molecule has 0 radical (unpaired) electrons. The minimum atomic E-state index is -0.811. The Bertz CT molecular complexity index is 467. The number of H-pyrrole nitrogens is 1. The van der Waals surface area contributed by atoms with Gasteiger partial charge >= 0.3 is 0 Å². The van der Waals surface area contributed by atoms with E-state index >= 15 is 0 Å². The summed E-state index contributed by atoms with van der Waals surface area (Å²) in [5, 5.41) is 9.62. The Morgan fingerprint density at radius 1 is 1.50 bits per heavy atom. The van der Waals surface area contributed by atoms with Crippen LogP contribution < -0.4 is 5.73 Å². The fourth-order valence-corrected chi connectivity index (χ4v) is 1.47. The first-order chi connectivity index (χ1) is 7.70. The Labute approximate surface area is 93.4 Å². The van der Waals surface area contributed by atoms with E-state index in [-0.39, 0.29) is 6.54 Å².